The first-order chi connectivity index (χ1) is 9.07. The standard InChI is InChI=1S/C17H25NO/c1-17(2,19)16(14-7-4-3-5-8-14)18-12-11-13-9-6-10-15(13)18/h3-5,7-8,13,15-16,19H,6,9-12H2,1-2H3/t13-,15-,16+/m1/s1. The van der Waals surface area contributed by atoms with E-state index in [0.717, 1.165) is 12.5 Å². The second kappa shape index (κ2) is 4.92. The lowest BCUT2D eigenvalue weighted by Gasteiger charge is -2.40. The minimum absolute atomic E-state index is 0.127. The van der Waals surface area contributed by atoms with Crippen LogP contribution in [0.15, 0.2) is 30.3 Å². The van der Waals surface area contributed by atoms with Gasteiger partial charge in [-0.1, -0.05) is 36.8 Å². The normalized spacial score (nSPS) is 29.4. The van der Waals surface area contributed by atoms with E-state index in [9.17, 15) is 5.11 Å². The maximum absolute atomic E-state index is 10.7. The number of hydrogen-bond donors (Lipinski definition) is 1. The zero-order valence-corrected chi connectivity index (χ0v) is 12.0. The first-order valence-corrected chi connectivity index (χ1v) is 7.60. The Morgan fingerprint density at radius 1 is 1.16 bits per heavy atom. The van der Waals surface area contributed by atoms with Crippen LogP contribution in [0.4, 0.5) is 0 Å². The molecule has 104 valence electrons. The van der Waals surface area contributed by atoms with Gasteiger partial charge in [0.2, 0.25) is 0 Å². The van der Waals surface area contributed by atoms with E-state index in [1.165, 1.54) is 31.2 Å². The van der Waals surface area contributed by atoms with Gasteiger partial charge in [0.15, 0.2) is 0 Å². The Morgan fingerprint density at radius 2 is 1.89 bits per heavy atom. The van der Waals surface area contributed by atoms with E-state index in [2.05, 4.69) is 29.2 Å². The highest BCUT2D eigenvalue weighted by Crippen LogP contribution is 2.44. The SMILES string of the molecule is CC(C)(O)[C@H](c1ccccc1)N1CC[C@H]2CCC[C@H]21. The molecule has 2 heteroatoms. The molecule has 2 fully saturated rings. The van der Waals surface area contributed by atoms with Crippen LogP contribution in [0, 0.1) is 5.92 Å². The molecule has 1 saturated carbocycles. The molecule has 1 saturated heterocycles. The molecule has 0 spiro atoms. The van der Waals surface area contributed by atoms with E-state index in [0.29, 0.717) is 6.04 Å². The van der Waals surface area contributed by atoms with E-state index in [1.807, 2.05) is 19.9 Å². The highest BCUT2D eigenvalue weighted by Gasteiger charge is 2.45. The number of benzene rings is 1. The fraction of sp³-hybridized carbons (Fsp3) is 0.647. The summed E-state index contributed by atoms with van der Waals surface area (Å²) in [6.45, 7) is 5.04. The third kappa shape index (κ3) is 2.44. The lowest BCUT2D eigenvalue weighted by Crippen LogP contribution is -2.45. The van der Waals surface area contributed by atoms with Gasteiger partial charge in [0.05, 0.1) is 11.6 Å². The van der Waals surface area contributed by atoms with E-state index >= 15 is 0 Å². The topological polar surface area (TPSA) is 23.5 Å². The molecular weight excluding hydrogens is 234 g/mol. The minimum Gasteiger partial charge on any atom is -0.388 e. The van der Waals surface area contributed by atoms with Gasteiger partial charge in [-0.25, -0.2) is 0 Å². The van der Waals surface area contributed by atoms with Crippen molar-refractivity contribution >= 4 is 0 Å². The smallest absolute Gasteiger partial charge is 0.0787 e. The van der Waals surface area contributed by atoms with Gasteiger partial charge in [0.25, 0.3) is 0 Å². The molecule has 19 heavy (non-hydrogen) atoms. The summed E-state index contributed by atoms with van der Waals surface area (Å²) >= 11 is 0. The second-order valence-corrected chi connectivity index (χ2v) is 6.75. The molecule has 0 amide bonds. The second-order valence-electron chi connectivity index (χ2n) is 6.75. The van der Waals surface area contributed by atoms with Crippen LogP contribution in [0.3, 0.4) is 0 Å². The van der Waals surface area contributed by atoms with Crippen molar-refractivity contribution in [2.24, 2.45) is 5.92 Å². The lowest BCUT2D eigenvalue weighted by atomic mass is 9.89. The predicted octanol–water partition coefficient (Wildman–Crippen LogP) is 3.37. The molecule has 1 heterocycles. The predicted molar refractivity (Wildman–Crippen MR) is 77.9 cm³/mol. The number of hydrogen-bond acceptors (Lipinski definition) is 2. The molecule has 1 aliphatic heterocycles. The van der Waals surface area contributed by atoms with Crippen molar-refractivity contribution < 1.29 is 5.11 Å². The summed E-state index contributed by atoms with van der Waals surface area (Å²) in [7, 11) is 0. The molecule has 1 N–H and O–H groups in total. The summed E-state index contributed by atoms with van der Waals surface area (Å²) in [6.07, 6.45) is 5.36. The van der Waals surface area contributed by atoms with Crippen molar-refractivity contribution in [2.75, 3.05) is 6.54 Å². The van der Waals surface area contributed by atoms with Gasteiger partial charge in [-0.05, 0) is 51.1 Å². The number of fused-ring (bicyclic) bond motifs is 1. The molecule has 2 nitrogen and oxygen atoms in total. The minimum atomic E-state index is -0.696. The quantitative estimate of drug-likeness (QED) is 0.899. The summed E-state index contributed by atoms with van der Waals surface area (Å²) in [6, 6.07) is 11.3. The Bertz CT molecular complexity index is 423. The van der Waals surface area contributed by atoms with Crippen molar-refractivity contribution in [3.05, 3.63) is 35.9 Å². The van der Waals surface area contributed by atoms with Crippen LogP contribution < -0.4 is 0 Å². The Hall–Kier alpha value is -0.860. The van der Waals surface area contributed by atoms with Gasteiger partial charge >= 0.3 is 0 Å². The molecule has 3 atom stereocenters. The summed E-state index contributed by atoms with van der Waals surface area (Å²) in [4.78, 5) is 2.58. The van der Waals surface area contributed by atoms with E-state index < -0.39 is 5.60 Å². The van der Waals surface area contributed by atoms with Crippen LogP contribution in [-0.2, 0) is 0 Å². The first-order valence-electron chi connectivity index (χ1n) is 7.60. The van der Waals surface area contributed by atoms with Crippen molar-refractivity contribution in [1.29, 1.82) is 0 Å². The molecular formula is C17H25NO. The Kier molecular flexibility index (Phi) is 3.40. The Balaban J connectivity index is 1.92. The zero-order valence-electron chi connectivity index (χ0n) is 12.0. The van der Waals surface area contributed by atoms with Gasteiger partial charge in [-0.15, -0.1) is 0 Å². The number of aliphatic hydroxyl groups is 1. The van der Waals surface area contributed by atoms with Gasteiger partial charge in [-0.3, -0.25) is 4.90 Å². The largest absolute Gasteiger partial charge is 0.388 e. The molecule has 1 aromatic rings. The Labute approximate surface area is 116 Å². The molecule has 1 aliphatic carbocycles. The van der Waals surface area contributed by atoms with Crippen LogP contribution in [-0.4, -0.2) is 28.2 Å². The first kappa shape index (κ1) is 13.1. The number of likely N-dealkylation sites (tertiary alicyclic amines) is 1. The molecule has 3 rings (SSSR count). The zero-order chi connectivity index (χ0) is 13.5. The van der Waals surface area contributed by atoms with Crippen LogP contribution in [0.1, 0.15) is 51.1 Å². The van der Waals surface area contributed by atoms with Gasteiger partial charge < -0.3 is 5.11 Å². The van der Waals surface area contributed by atoms with Gasteiger partial charge in [0, 0.05) is 6.04 Å². The van der Waals surface area contributed by atoms with E-state index in [1.54, 1.807) is 0 Å². The maximum Gasteiger partial charge on any atom is 0.0787 e. The molecule has 0 bridgehead atoms. The Morgan fingerprint density at radius 3 is 2.58 bits per heavy atom. The highest BCUT2D eigenvalue weighted by molar-refractivity contribution is 5.23. The van der Waals surface area contributed by atoms with Crippen LogP contribution >= 0.6 is 0 Å². The summed E-state index contributed by atoms with van der Waals surface area (Å²) < 4.78 is 0. The molecule has 2 aliphatic rings. The van der Waals surface area contributed by atoms with Crippen LogP contribution in [0.5, 0.6) is 0 Å². The van der Waals surface area contributed by atoms with Crippen molar-refractivity contribution in [3.8, 4) is 0 Å². The molecule has 0 aromatic heterocycles. The van der Waals surface area contributed by atoms with Gasteiger partial charge in [0.1, 0.15) is 0 Å². The van der Waals surface area contributed by atoms with Crippen molar-refractivity contribution in [3.63, 3.8) is 0 Å². The van der Waals surface area contributed by atoms with Crippen molar-refractivity contribution in [2.45, 2.75) is 57.2 Å². The maximum atomic E-state index is 10.7. The third-order valence-corrected chi connectivity index (χ3v) is 4.92. The van der Waals surface area contributed by atoms with Crippen molar-refractivity contribution in [1.82, 2.24) is 4.90 Å². The summed E-state index contributed by atoms with van der Waals surface area (Å²) in [5.74, 6) is 0.869. The van der Waals surface area contributed by atoms with Gasteiger partial charge in [-0.2, -0.15) is 0 Å². The number of nitrogens with zero attached hydrogens (tertiary/aromatic N) is 1. The fourth-order valence-corrected chi connectivity index (χ4v) is 4.23. The third-order valence-electron chi connectivity index (χ3n) is 4.92. The van der Waals surface area contributed by atoms with Crippen LogP contribution in [0.25, 0.3) is 0 Å². The number of rotatable bonds is 3. The van der Waals surface area contributed by atoms with Crippen LogP contribution in [0.2, 0.25) is 0 Å². The molecule has 1 aromatic carbocycles. The molecule has 0 radical (unpaired) electrons. The lowest BCUT2D eigenvalue weighted by molar-refractivity contribution is -0.0282. The summed E-state index contributed by atoms with van der Waals surface area (Å²) in [5.41, 5.74) is 0.557. The molecule has 0 unspecified atom stereocenters. The fourth-order valence-electron chi connectivity index (χ4n) is 4.23. The average Bonchev–Trinajstić information content (AvgIpc) is 2.94. The summed E-state index contributed by atoms with van der Waals surface area (Å²) in [5, 5.41) is 10.7. The van der Waals surface area contributed by atoms with E-state index in [-0.39, 0.29) is 6.04 Å². The average molecular weight is 259 g/mol. The monoisotopic (exact) mass is 259 g/mol. The van der Waals surface area contributed by atoms with E-state index in [4.69, 9.17) is 0 Å². The highest BCUT2D eigenvalue weighted by atomic mass is 16.3.